The van der Waals surface area contributed by atoms with Gasteiger partial charge >= 0.3 is 6.01 Å². The lowest BCUT2D eigenvalue weighted by Gasteiger charge is -2.35. The van der Waals surface area contributed by atoms with Crippen LogP contribution < -0.4 is 21.3 Å². The van der Waals surface area contributed by atoms with Gasteiger partial charge in [-0.3, -0.25) is 9.36 Å². The van der Waals surface area contributed by atoms with Crippen molar-refractivity contribution in [3.05, 3.63) is 10.4 Å². The summed E-state index contributed by atoms with van der Waals surface area (Å²) in [5, 5.41) is 31.4. The van der Waals surface area contributed by atoms with Crippen LogP contribution in [0.5, 0.6) is 6.01 Å². The number of ether oxygens (including phenoxy) is 2. The molecule has 2 rings (SSSR count). The number of rotatable bonds is 3. The molecule has 1 aromatic heterocycles. The first-order valence-electron chi connectivity index (χ1n) is 6.19. The third-order valence-electron chi connectivity index (χ3n) is 3.25. The fourth-order valence-electron chi connectivity index (χ4n) is 1.99. The van der Waals surface area contributed by atoms with Gasteiger partial charge in [-0.25, -0.2) is 0 Å². The number of nitrogen functional groups attached to an aromatic ring is 1. The third-order valence-corrected chi connectivity index (χ3v) is 3.25. The Labute approximate surface area is 119 Å². The second-order valence-electron chi connectivity index (χ2n) is 4.67. The molecule has 1 fully saturated rings. The van der Waals surface area contributed by atoms with E-state index >= 15 is 0 Å². The summed E-state index contributed by atoms with van der Waals surface area (Å²) in [4.78, 5) is 16.0. The molecule has 118 valence electrons. The quantitative estimate of drug-likeness (QED) is 0.399. The Kier molecular flexibility index (Phi) is 4.32. The van der Waals surface area contributed by atoms with Gasteiger partial charge in [-0.2, -0.15) is 4.98 Å². The van der Waals surface area contributed by atoms with Crippen LogP contribution in [-0.2, 0) is 11.8 Å². The number of methoxy groups -OCH3 is 1. The molecule has 2 heterocycles. The molecule has 0 bridgehead atoms. The Balaban J connectivity index is 2.28. The molecule has 10 heteroatoms. The lowest BCUT2D eigenvalue weighted by atomic mass is 10.0. The number of aliphatic hydroxyl groups is 3. The van der Waals surface area contributed by atoms with E-state index in [-0.39, 0.29) is 24.1 Å². The Morgan fingerprint density at radius 2 is 2.10 bits per heavy atom. The average Bonchev–Trinajstić information content (AvgIpc) is 2.47. The van der Waals surface area contributed by atoms with Gasteiger partial charge in [0.15, 0.2) is 12.0 Å². The van der Waals surface area contributed by atoms with Gasteiger partial charge < -0.3 is 35.8 Å². The zero-order valence-electron chi connectivity index (χ0n) is 11.6. The number of nitrogens with two attached hydrogens (primary N) is 1. The molecule has 0 aliphatic carbocycles. The molecule has 4 atom stereocenters. The van der Waals surface area contributed by atoms with Gasteiger partial charge in [0.25, 0.3) is 5.56 Å². The molecule has 0 spiro atoms. The van der Waals surface area contributed by atoms with Crippen molar-refractivity contribution in [2.75, 3.05) is 24.8 Å². The highest BCUT2D eigenvalue weighted by Gasteiger charge is 2.38. The van der Waals surface area contributed by atoms with E-state index in [2.05, 4.69) is 10.3 Å². The molecule has 6 N–H and O–H groups in total. The smallest absolute Gasteiger partial charge is 0.300 e. The van der Waals surface area contributed by atoms with Crippen molar-refractivity contribution in [2.45, 2.75) is 24.5 Å². The Morgan fingerprint density at radius 1 is 1.43 bits per heavy atom. The summed E-state index contributed by atoms with van der Waals surface area (Å²) in [5.41, 5.74) is 5.05. The van der Waals surface area contributed by atoms with Crippen molar-refractivity contribution in [1.82, 2.24) is 9.55 Å². The standard InChI is InChI=1S/C11H18N4O6/c1-15-10(19)5(8(12)14-11(15)20-2)13-9-7(18)6(17)4(16)3-21-9/h4,6-7,9,13,16-18H,3,12H2,1-2H3/t4-,6-,7+,9+/m0/s1. The first-order chi connectivity index (χ1) is 9.86. The van der Waals surface area contributed by atoms with Gasteiger partial charge in [-0.05, 0) is 0 Å². The first-order valence-corrected chi connectivity index (χ1v) is 6.19. The van der Waals surface area contributed by atoms with Crippen molar-refractivity contribution in [3.8, 4) is 6.01 Å². The number of hydrogen-bond donors (Lipinski definition) is 5. The highest BCUT2D eigenvalue weighted by atomic mass is 16.5. The molecule has 0 saturated carbocycles. The van der Waals surface area contributed by atoms with Gasteiger partial charge in [0.1, 0.15) is 24.0 Å². The monoisotopic (exact) mass is 302 g/mol. The van der Waals surface area contributed by atoms with Crippen LogP contribution in [-0.4, -0.2) is 63.1 Å². The molecule has 1 aliphatic rings. The van der Waals surface area contributed by atoms with Crippen LogP contribution in [0.4, 0.5) is 11.5 Å². The molecule has 1 aliphatic heterocycles. The maximum Gasteiger partial charge on any atom is 0.300 e. The molecule has 0 amide bonds. The van der Waals surface area contributed by atoms with Crippen LogP contribution >= 0.6 is 0 Å². The summed E-state index contributed by atoms with van der Waals surface area (Å²) in [7, 11) is 2.79. The fourth-order valence-corrected chi connectivity index (χ4v) is 1.99. The van der Waals surface area contributed by atoms with E-state index < -0.39 is 30.1 Å². The molecule has 1 saturated heterocycles. The lowest BCUT2D eigenvalue weighted by molar-refractivity contribution is -0.178. The van der Waals surface area contributed by atoms with Crippen LogP contribution in [0.15, 0.2) is 4.79 Å². The number of hydrogen-bond acceptors (Lipinski definition) is 9. The minimum atomic E-state index is -1.43. The second-order valence-corrected chi connectivity index (χ2v) is 4.67. The maximum absolute atomic E-state index is 12.1. The van der Waals surface area contributed by atoms with Crippen molar-refractivity contribution >= 4 is 11.5 Å². The number of nitrogens with zero attached hydrogens (tertiary/aromatic N) is 2. The zero-order chi connectivity index (χ0) is 15.7. The highest BCUT2D eigenvalue weighted by molar-refractivity contribution is 5.61. The topological polar surface area (TPSA) is 152 Å². The lowest BCUT2D eigenvalue weighted by Crippen LogP contribution is -2.56. The van der Waals surface area contributed by atoms with Crippen molar-refractivity contribution < 1.29 is 24.8 Å². The largest absolute Gasteiger partial charge is 0.468 e. The van der Waals surface area contributed by atoms with E-state index in [1.165, 1.54) is 14.2 Å². The third kappa shape index (κ3) is 2.78. The summed E-state index contributed by atoms with van der Waals surface area (Å²) in [5.74, 6) is -0.133. The predicted octanol–water partition coefficient (Wildman–Crippen LogP) is -2.78. The predicted molar refractivity (Wildman–Crippen MR) is 71.8 cm³/mol. The molecule has 10 nitrogen and oxygen atoms in total. The van der Waals surface area contributed by atoms with Crippen LogP contribution in [0.25, 0.3) is 0 Å². The van der Waals surface area contributed by atoms with Gasteiger partial charge in [-0.15, -0.1) is 0 Å². The van der Waals surface area contributed by atoms with Gasteiger partial charge in [-0.1, -0.05) is 0 Å². The first kappa shape index (κ1) is 15.5. The molecule has 0 radical (unpaired) electrons. The Bertz CT molecular complexity index is 577. The number of anilines is 2. The summed E-state index contributed by atoms with van der Waals surface area (Å²) in [6.45, 7) is -0.195. The van der Waals surface area contributed by atoms with E-state index in [9.17, 15) is 20.1 Å². The SMILES string of the molecule is COc1nc(N)c(N[C@@H]2OC[C@H](O)[C@H](O)[C@H]2O)c(=O)n1C. The molecular formula is C11H18N4O6. The number of nitrogens with one attached hydrogen (secondary N) is 1. The van der Waals surface area contributed by atoms with Gasteiger partial charge in [0.05, 0.1) is 13.7 Å². The summed E-state index contributed by atoms with van der Waals surface area (Å²) < 4.78 is 11.2. The van der Waals surface area contributed by atoms with Crippen molar-refractivity contribution in [2.24, 2.45) is 7.05 Å². The normalized spacial score (nSPS) is 29.2. The number of aliphatic hydroxyl groups excluding tert-OH is 3. The molecule has 0 aromatic carbocycles. The zero-order valence-corrected chi connectivity index (χ0v) is 11.6. The van der Waals surface area contributed by atoms with Crippen LogP contribution in [0.1, 0.15) is 0 Å². The van der Waals surface area contributed by atoms with E-state index in [4.69, 9.17) is 15.2 Å². The molecule has 0 unspecified atom stereocenters. The second kappa shape index (κ2) is 5.85. The maximum atomic E-state index is 12.1. The summed E-state index contributed by atoms with van der Waals surface area (Å²) >= 11 is 0. The highest BCUT2D eigenvalue weighted by Crippen LogP contribution is 2.20. The van der Waals surface area contributed by atoms with E-state index in [1.807, 2.05) is 0 Å². The molecule has 21 heavy (non-hydrogen) atoms. The van der Waals surface area contributed by atoms with Gasteiger partial charge in [0, 0.05) is 7.05 Å². The summed E-state index contributed by atoms with van der Waals surface area (Å²) in [6, 6.07) is 0.0311. The van der Waals surface area contributed by atoms with E-state index in [0.29, 0.717) is 0 Å². The fraction of sp³-hybridized carbons (Fsp3) is 0.636. The van der Waals surface area contributed by atoms with E-state index in [0.717, 1.165) is 4.57 Å². The van der Waals surface area contributed by atoms with Crippen molar-refractivity contribution in [3.63, 3.8) is 0 Å². The minimum Gasteiger partial charge on any atom is -0.468 e. The van der Waals surface area contributed by atoms with E-state index in [1.54, 1.807) is 0 Å². The Morgan fingerprint density at radius 3 is 2.71 bits per heavy atom. The van der Waals surface area contributed by atoms with Crippen molar-refractivity contribution in [1.29, 1.82) is 0 Å². The number of aromatic nitrogens is 2. The summed E-state index contributed by atoms with van der Waals surface area (Å²) in [6.07, 6.45) is -5.13. The van der Waals surface area contributed by atoms with Gasteiger partial charge in [0.2, 0.25) is 0 Å². The van der Waals surface area contributed by atoms with Crippen LogP contribution in [0.3, 0.4) is 0 Å². The van der Waals surface area contributed by atoms with Crippen LogP contribution in [0.2, 0.25) is 0 Å². The van der Waals surface area contributed by atoms with Crippen LogP contribution in [0, 0.1) is 0 Å². The average molecular weight is 302 g/mol. The minimum absolute atomic E-state index is 0.0311. The Hall–Kier alpha value is -1.88. The molecular weight excluding hydrogens is 284 g/mol. The molecule has 1 aromatic rings.